The van der Waals surface area contributed by atoms with E-state index in [0.717, 1.165) is 31.2 Å². The van der Waals surface area contributed by atoms with E-state index >= 15 is 0 Å². The van der Waals surface area contributed by atoms with Gasteiger partial charge < -0.3 is 10.1 Å². The quantitative estimate of drug-likeness (QED) is 0.898. The van der Waals surface area contributed by atoms with Gasteiger partial charge in [-0.05, 0) is 49.4 Å². The Labute approximate surface area is 147 Å². The number of nitrogens with one attached hydrogen (secondary N) is 1. The summed E-state index contributed by atoms with van der Waals surface area (Å²) in [6.45, 7) is 0. The second-order valence-electron chi connectivity index (χ2n) is 6.13. The van der Waals surface area contributed by atoms with E-state index < -0.39 is 0 Å². The largest absolute Gasteiger partial charge is 0.474 e. The summed E-state index contributed by atoms with van der Waals surface area (Å²) < 4.78 is 5.88. The van der Waals surface area contributed by atoms with Gasteiger partial charge in [-0.15, -0.1) is 0 Å². The minimum absolute atomic E-state index is 0.0615. The van der Waals surface area contributed by atoms with Crippen LogP contribution < -0.4 is 10.1 Å². The molecule has 3 rings (SSSR count). The van der Waals surface area contributed by atoms with Gasteiger partial charge in [-0.2, -0.15) is 0 Å². The van der Waals surface area contributed by atoms with Crippen LogP contribution in [0.25, 0.3) is 0 Å². The van der Waals surface area contributed by atoms with E-state index in [1.807, 2.05) is 42.5 Å². The van der Waals surface area contributed by atoms with Crippen LogP contribution in [0.5, 0.6) is 5.88 Å². The van der Waals surface area contributed by atoms with Gasteiger partial charge in [-0.1, -0.05) is 29.8 Å². The first-order valence-electron chi connectivity index (χ1n) is 8.30. The average molecular weight is 345 g/mol. The first-order chi connectivity index (χ1) is 11.7. The Morgan fingerprint density at radius 2 is 1.88 bits per heavy atom. The molecule has 0 radical (unpaired) electrons. The molecule has 2 aromatic rings. The molecule has 24 heavy (non-hydrogen) atoms. The summed E-state index contributed by atoms with van der Waals surface area (Å²) in [5.74, 6) is 0.735. The Hall–Kier alpha value is -2.07. The molecule has 1 aliphatic rings. The number of hydrogen-bond acceptors (Lipinski definition) is 3. The molecule has 1 aromatic heterocycles. The second kappa shape index (κ2) is 8.15. The van der Waals surface area contributed by atoms with Crippen LogP contribution in [0.4, 0.5) is 0 Å². The van der Waals surface area contributed by atoms with Crippen LogP contribution in [0, 0.1) is 0 Å². The Balaban J connectivity index is 1.41. The van der Waals surface area contributed by atoms with Crippen molar-refractivity contribution in [3.8, 4) is 5.88 Å². The number of benzene rings is 1. The molecule has 0 saturated heterocycles. The number of carbonyl (C=O) groups is 1. The predicted octanol–water partition coefficient (Wildman–Crippen LogP) is 3.78. The molecule has 1 N–H and O–H groups in total. The number of aromatic nitrogens is 1. The number of pyridine rings is 1. The fraction of sp³-hybridized carbons (Fsp3) is 0.368. The summed E-state index contributed by atoms with van der Waals surface area (Å²) in [6, 6.07) is 13.3. The van der Waals surface area contributed by atoms with Gasteiger partial charge in [0.1, 0.15) is 6.10 Å². The SMILES string of the molecule is O=C(Cc1ccc(Cl)cc1)NC1CCC(Oc2ccccn2)CC1. The van der Waals surface area contributed by atoms with Crippen molar-refractivity contribution >= 4 is 17.5 Å². The standard InChI is InChI=1S/C19H21ClN2O2/c20-15-6-4-14(5-7-15)13-18(23)22-16-8-10-17(11-9-16)24-19-3-1-2-12-21-19/h1-7,12,16-17H,8-11,13H2,(H,22,23). The molecule has 4 nitrogen and oxygen atoms in total. The molecule has 0 atom stereocenters. The molecule has 1 saturated carbocycles. The van der Waals surface area contributed by atoms with E-state index in [4.69, 9.17) is 16.3 Å². The van der Waals surface area contributed by atoms with Crippen LogP contribution in [0.3, 0.4) is 0 Å². The van der Waals surface area contributed by atoms with Crippen molar-refractivity contribution in [1.82, 2.24) is 10.3 Å². The van der Waals surface area contributed by atoms with Crippen LogP contribution >= 0.6 is 11.6 Å². The third-order valence-corrected chi connectivity index (χ3v) is 4.49. The molecule has 1 heterocycles. The van der Waals surface area contributed by atoms with Crippen molar-refractivity contribution in [3.63, 3.8) is 0 Å². The van der Waals surface area contributed by atoms with Crippen molar-refractivity contribution in [2.45, 2.75) is 44.2 Å². The van der Waals surface area contributed by atoms with Gasteiger partial charge in [0.2, 0.25) is 11.8 Å². The van der Waals surface area contributed by atoms with Crippen LogP contribution in [0.15, 0.2) is 48.7 Å². The van der Waals surface area contributed by atoms with Gasteiger partial charge in [-0.3, -0.25) is 4.79 Å². The third-order valence-electron chi connectivity index (χ3n) is 4.24. The highest BCUT2D eigenvalue weighted by Gasteiger charge is 2.23. The number of amides is 1. The highest BCUT2D eigenvalue weighted by atomic mass is 35.5. The number of rotatable bonds is 5. The summed E-state index contributed by atoms with van der Waals surface area (Å²) in [5.41, 5.74) is 0.976. The smallest absolute Gasteiger partial charge is 0.224 e. The van der Waals surface area contributed by atoms with Crippen molar-refractivity contribution in [1.29, 1.82) is 0 Å². The van der Waals surface area contributed by atoms with Crippen molar-refractivity contribution < 1.29 is 9.53 Å². The predicted molar refractivity (Wildman–Crippen MR) is 94.2 cm³/mol. The number of hydrogen-bond donors (Lipinski definition) is 1. The number of ether oxygens (including phenoxy) is 1. The Kier molecular flexibility index (Phi) is 5.70. The van der Waals surface area contributed by atoms with Crippen LogP contribution in [0.1, 0.15) is 31.2 Å². The zero-order chi connectivity index (χ0) is 16.8. The highest BCUT2D eigenvalue weighted by Crippen LogP contribution is 2.23. The molecule has 1 fully saturated rings. The maximum absolute atomic E-state index is 12.2. The molecule has 126 valence electrons. The van der Waals surface area contributed by atoms with Gasteiger partial charge in [0.25, 0.3) is 0 Å². The fourth-order valence-corrected chi connectivity index (χ4v) is 3.10. The van der Waals surface area contributed by atoms with Crippen molar-refractivity contribution in [2.75, 3.05) is 0 Å². The Morgan fingerprint density at radius 3 is 2.54 bits per heavy atom. The molecule has 0 unspecified atom stereocenters. The van der Waals surface area contributed by atoms with Crippen molar-refractivity contribution in [2.24, 2.45) is 0 Å². The van der Waals surface area contributed by atoms with E-state index in [9.17, 15) is 4.79 Å². The molecule has 0 bridgehead atoms. The van der Waals surface area contributed by atoms with Crippen LogP contribution in [0.2, 0.25) is 5.02 Å². The molecular formula is C19H21ClN2O2. The van der Waals surface area contributed by atoms with Gasteiger partial charge >= 0.3 is 0 Å². The lowest BCUT2D eigenvalue weighted by Gasteiger charge is -2.29. The zero-order valence-corrected chi connectivity index (χ0v) is 14.2. The highest BCUT2D eigenvalue weighted by molar-refractivity contribution is 6.30. The van der Waals surface area contributed by atoms with Gasteiger partial charge in [0.15, 0.2) is 0 Å². The molecule has 5 heteroatoms. The van der Waals surface area contributed by atoms with E-state index in [1.54, 1.807) is 6.20 Å². The third kappa shape index (κ3) is 4.96. The van der Waals surface area contributed by atoms with E-state index in [-0.39, 0.29) is 18.1 Å². The van der Waals surface area contributed by atoms with Crippen LogP contribution in [-0.4, -0.2) is 23.0 Å². The molecule has 1 aromatic carbocycles. The monoisotopic (exact) mass is 344 g/mol. The molecule has 0 aliphatic heterocycles. The lowest BCUT2D eigenvalue weighted by atomic mass is 9.92. The van der Waals surface area contributed by atoms with E-state index in [1.165, 1.54) is 0 Å². The zero-order valence-electron chi connectivity index (χ0n) is 13.5. The Bertz CT molecular complexity index is 653. The van der Waals surface area contributed by atoms with Gasteiger partial charge in [0.05, 0.1) is 6.42 Å². The summed E-state index contributed by atoms with van der Waals surface area (Å²) >= 11 is 5.86. The lowest BCUT2D eigenvalue weighted by molar-refractivity contribution is -0.121. The first kappa shape index (κ1) is 16.8. The van der Waals surface area contributed by atoms with Crippen LogP contribution in [-0.2, 0) is 11.2 Å². The van der Waals surface area contributed by atoms with Gasteiger partial charge in [-0.25, -0.2) is 4.98 Å². The molecule has 0 spiro atoms. The number of halogens is 1. The summed E-state index contributed by atoms with van der Waals surface area (Å²) in [4.78, 5) is 16.3. The van der Waals surface area contributed by atoms with Crippen molar-refractivity contribution in [3.05, 3.63) is 59.2 Å². The fourth-order valence-electron chi connectivity index (χ4n) is 2.98. The summed E-state index contributed by atoms with van der Waals surface area (Å²) in [7, 11) is 0. The normalized spacial score (nSPS) is 20.4. The summed E-state index contributed by atoms with van der Waals surface area (Å²) in [6.07, 6.45) is 6.04. The maximum Gasteiger partial charge on any atom is 0.224 e. The number of nitrogens with zero attached hydrogens (tertiary/aromatic N) is 1. The topological polar surface area (TPSA) is 51.2 Å². The molecular weight excluding hydrogens is 324 g/mol. The lowest BCUT2D eigenvalue weighted by Crippen LogP contribution is -2.40. The number of carbonyl (C=O) groups excluding carboxylic acids is 1. The average Bonchev–Trinajstić information content (AvgIpc) is 2.60. The van der Waals surface area contributed by atoms with E-state index in [2.05, 4.69) is 10.3 Å². The van der Waals surface area contributed by atoms with Gasteiger partial charge in [0, 0.05) is 23.3 Å². The van der Waals surface area contributed by atoms with E-state index in [0.29, 0.717) is 17.3 Å². The molecule has 1 aliphatic carbocycles. The minimum atomic E-state index is 0.0615. The second-order valence-corrected chi connectivity index (χ2v) is 6.57. The Morgan fingerprint density at radius 1 is 1.12 bits per heavy atom. The molecule has 1 amide bonds. The summed E-state index contributed by atoms with van der Waals surface area (Å²) in [5, 5.41) is 3.81. The maximum atomic E-state index is 12.2. The first-order valence-corrected chi connectivity index (χ1v) is 8.68. The minimum Gasteiger partial charge on any atom is -0.474 e.